The number of carbonyl (C=O) groups excluding carboxylic acids is 1. The molecule has 0 saturated carbocycles. The molecule has 0 bridgehead atoms. The summed E-state index contributed by atoms with van der Waals surface area (Å²) in [5, 5.41) is 0.562. The first-order chi connectivity index (χ1) is 8.90. The van der Waals surface area contributed by atoms with E-state index in [9.17, 15) is 9.36 Å². The average Bonchev–Trinajstić information content (AvgIpc) is 2.27. The van der Waals surface area contributed by atoms with Crippen molar-refractivity contribution in [1.82, 2.24) is 0 Å². The number of hydrogen-bond acceptors (Lipinski definition) is 4. The molecule has 0 aliphatic rings. The summed E-state index contributed by atoms with van der Waals surface area (Å²) in [4.78, 5) is 11.5. The third-order valence-electron chi connectivity index (χ3n) is 2.14. The standard InChI is InChI=1S/C14H20O4P/c1-10(2)17-12-7-5-6-8-13(12)19(16)9-14(15)18-11(3)4/h5-8,10-11H,9H2,1-4H3/q+1. The van der Waals surface area contributed by atoms with Crippen LogP contribution in [0, 0.1) is 0 Å². The van der Waals surface area contributed by atoms with Gasteiger partial charge >= 0.3 is 13.8 Å². The summed E-state index contributed by atoms with van der Waals surface area (Å²) in [5.74, 6) is 0.117. The molecule has 0 aromatic heterocycles. The number of ether oxygens (including phenoxy) is 2. The van der Waals surface area contributed by atoms with Gasteiger partial charge < -0.3 is 9.47 Å². The van der Waals surface area contributed by atoms with Crippen molar-refractivity contribution >= 4 is 19.1 Å². The van der Waals surface area contributed by atoms with E-state index in [1.165, 1.54) is 0 Å². The van der Waals surface area contributed by atoms with Gasteiger partial charge in [0.15, 0.2) is 5.75 Å². The Bertz CT molecular complexity index is 455. The van der Waals surface area contributed by atoms with Gasteiger partial charge in [0.1, 0.15) is 0 Å². The maximum Gasteiger partial charge on any atom is 0.392 e. The molecule has 0 spiro atoms. The summed E-state index contributed by atoms with van der Waals surface area (Å²) < 4.78 is 22.8. The Labute approximate surface area is 114 Å². The minimum Gasteiger partial charge on any atom is -0.486 e. The second-order valence-electron chi connectivity index (χ2n) is 4.71. The van der Waals surface area contributed by atoms with Gasteiger partial charge in [0.05, 0.1) is 12.2 Å². The Morgan fingerprint density at radius 2 is 1.79 bits per heavy atom. The predicted octanol–water partition coefficient (Wildman–Crippen LogP) is 2.88. The van der Waals surface area contributed by atoms with Gasteiger partial charge in [-0.25, -0.2) is 4.79 Å². The highest BCUT2D eigenvalue weighted by atomic mass is 31.1. The zero-order valence-corrected chi connectivity index (χ0v) is 12.6. The van der Waals surface area contributed by atoms with E-state index >= 15 is 0 Å². The van der Waals surface area contributed by atoms with Gasteiger partial charge in [-0.15, -0.1) is 0 Å². The van der Waals surface area contributed by atoms with Crippen molar-refractivity contribution in [3.8, 4) is 5.75 Å². The predicted molar refractivity (Wildman–Crippen MR) is 75.5 cm³/mol. The first-order valence-electron chi connectivity index (χ1n) is 6.30. The summed E-state index contributed by atoms with van der Waals surface area (Å²) in [6.07, 6.45) is -0.323. The first kappa shape index (κ1) is 15.6. The van der Waals surface area contributed by atoms with Gasteiger partial charge in [-0.05, 0) is 39.8 Å². The van der Waals surface area contributed by atoms with Gasteiger partial charge in [-0.3, -0.25) is 0 Å². The molecule has 1 unspecified atom stereocenters. The third kappa shape index (κ3) is 5.39. The molecule has 0 aliphatic carbocycles. The molecular weight excluding hydrogens is 263 g/mol. The molecular formula is C14H20O4P+. The molecule has 1 atom stereocenters. The summed E-state index contributed by atoms with van der Waals surface area (Å²) in [7, 11) is -1.85. The largest absolute Gasteiger partial charge is 0.486 e. The summed E-state index contributed by atoms with van der Waals surface area (Å²) in [6.45, 7) is 7.33. The fourth-order valence-corrected chi connectivity index (χ4v) is 2.62. The third-order valence-corrected chi connectivity index (χ3v) is 3.59. The van der Waals surface area contributed by atoms with E-state index in [-0.39, 0.29) is 18.4 Å². The lowest BCUT2D eigenvalue weighted by molar-refractivity contribution is -0.144. The Hall–Kier alpha value is -1.41. The smallest absolute Gasteiger partial charge is 0.392 e. The normalized spacial score (nSPS) is 11.6. The van der Waals surface area contributed by atoms with E-state index in [1.807, 2.05) is 19.9 Å². The van der Waals surface area contributed by atoms with Crippen LogP contribution in [-0.2, 0) is 14.1 Å². The molecule has 0 fully saturated rings. The van der Waals surface area contributed by atoms with Crippen molar-refractivity contribution in [1.29, 1.82) is 0 Å². The van der Waals surface area contributed by atoms with Gasteiger partial charge in [-0.2, -0.15) is 0 Å². The minimum atomic E-state index is -1.85. The Morgan fingerprint density at radius 1 is 1.16 bits per heavy atom. The van der Waals surface area contributed by atoms with Crippen LogP contribution in [0.4, 0.5) is 0 Å². The molecule has 0 aliphatic heterocycles. The Balaban J connectivity index is 2.79. The van der Waals surface area contributed by atoms with Crippen LogP contribution in [0.3, 0.4) is 0 Å². The molecule has 104 valence electrons. The van der Waals surface area contributed by atoms with E-state index in [0.29, 0.717) is 11.1 Å². The molecule has 1 aromatic carbocycles. The van der Waals surface area contributed by atoms with Crippen LogP contribution in [0.25, 0.3) is 0 Å². The first-order valence-corrected chi connectivity index (χ1v) is 7.74. The summed E-state index contributed by atoms with van der Waals surface area (Å²) in [6, 6.07) is 7.08. The quantitative estimate of drug-likeness (QED) is 0.595. The van der Waals surface area contributed by atoms with Crippen molar-refractivity contribution in [2.75, 3.05) is 6.16 Å². The SMILES string of the molecule is CC(C)OC(=O)C[P+](=O)c1ccccc1OC(C)C. The van der Waals surface area contributed by atoms with Crippen molar-refractivity contribution in [2.24, 2.45) is 0 Å². The molecule has 5 heteroatoms. The zero-order chi connectivity index (χ0) is 14.4. The maximum atomic E-state index is 12.2. The lowest BCUT2D eigenvalue weighted by atomic mass is 10.3. The fourth-order valence-electron chi connectivity index (χ4n) is 1.52. The average molecular weight is 283 g/mol. The van der Waals surface area contributed by atoms with Crippen molar-refractivity contribution in [3.63, 3.8) is 0 Å². The highest BCUT2D eigenvalue weighted by molar-refractivity contribution is 7.54. The zero-order valence-electron chi connectivity index (χ0n) is 11.8. The van der Waals surface area contributed by atoms with Crippen LogP contribution in [0.1, 0.15) is 27.7 Å². The number of benzene rings is 1. The molecule has 19 heavy (non-hydrogen) atoms. The lowest BCUT2D eigenvalue weighted by Gasteiger charge is -2.09. The molecule has 1 aromatic rings. The van der Waals surface area contributed by atoms with E-state index in [4.69, 9.17) is 9.47 Å². The van der Waals surface area contributed by atoms with E-state index in [1.54, 1.807) is 32.0 Å². The minimum absolute atomic E-state index is 0.00725. The molecule has 0 heterocycles. The van der Waals surface area contributed by atoms with E-state index in [2.05, 4.69) is 0 Å². The second kappa shape index (κ2) is 7.25. The van der Waals surface area contributed by atoms with Crippen molar-refractivity contribution in [2.45, 2.75) is 39.9 Å². The second-order valence-corrected chi connectivity index (χ2v) is 6.26. The van der Waals surface area contributed by atoms with Crippen LogP contribution in [0.5, 0.6) is 5.75 Å². The van der Waals surface area contributed by atoms with Crippen LogP contribution < -0.4 is 10.0 Å². The molecule has 4 nitrogen and oxygen atoms in total. The summed E-state index contributed by atoms with van der Waals surface area (Å²) in [5.41, 5.74) is 0. The maximum absolute atomic E-state index is 12.2. The molecule has 0 saturated heterocycles. The Morgan fingerprint density at radius 3 is 2.37 bits per heavy atom. The monoisotopic (exact) mass is 283 g/mol. The van der Waals surface area contributed by atoms with Gasteiger partial charge in [-0.1, -0.05) is 16.7 Å². The van der Waals surface area contributed by atoms with Gasteiger partial charge in [0.25, 0.3) is 0 Å². The fraction of sp³-hybridized carbons (Fsp3) is 0.500. The molecule has 0 radical (unpaired) electrons. The lowest BCUT2D eigenvalue weighted by Crippen LogP contribution is -2.17. The number of carbonyl (C=O) groups is 1. The van der Waals surface area contributed by atoms with Crippen molar-refractivity contribution < 1.29 is 18.8 Å². The molecule has 0 amide bonds. The van der Waals surface area contributed by atoms with Gasteiger partial charge in [0.2, 0.25) is 11.5 Å². The Kier molecular flexibility index (Phi) is 5.97. The highest BCUT2D eigenvalue weighted by Gasteiger charge is 2.29. The topological polar surface area (TPSA) is 52.6 Å². The van der Waals surface area contributed by atoms with Crippen molar-refractivity contribution in [3.05, 3.63) is 24.3 Å². The summed E-state index contributed by atoms with van der Waals surface area (Å²) >= 11 is 0. The van der Waals surface area contributed by atoms with Crippen LogP contribution in [0.2, 0.25) is 0 Å². The van der Waals surface area contributed by atoms with Crippen LogP contribution in [-0.4, -0.2) is 24.3 Å². The number of hydrogen-bond donors (Lipinski definition) is 0. The highest BCUT2D eigenvalue weighted by Crippen LogP contribution is 2.26. The number of para-hydroxylation sites is 1. The number of rotatable bonds is 6. The van der Waals surface area contributed by atoms with E-state index in [0.717, 1.165) is 0 Å². The molecule has 1 rings (SSSR count). The van der Waals surface area contributed by atoms with Crippen LogP contribution >= 0.6 is 7.80 Å². The van der Waals surface area contributed by atoms with Crippen LogP contribution in [0.15, 0.2) is 24.3 Å². The van der Waals surface area contributed by atoms with E-state index < -0.39 is 13.8 Å². The molecule has 0 N–H and O–H groups in total. The number of esters is 1. The van der Waals surface area contributed by atoms with Gasteiger partial charge in [0, 0.05) is 0 Å².